The van der Waals surface area contributed by atoms with Crippen LogP contribution in [0.4, 0.5) is 5.69 Å². The Bertz CT molecular complexity index is 797. The average Bonchev–Trinajstić information content (AvgIpc) is 2.55. The summed E-state index contributed by atoms with van der Waals surface area (Å²) < 4.78 is 27.0. The molecule has 0 heterocycles. The molecule has 0 saturated heterocycles. The molecular formula is C18H22N2O3S. The van der Waals surface area contributed by atoms with Crippen molar-refractivity contribution >= 4 is 21.6 Å². The number of sulfonamides is 1. The van der Waals surface area contributed by atoms with Gasteiger partial charge in [0.15, 0.2) is 0 Å². The third-order valence-electron chi connectivity index (χ3n) is 3.70. The number of hydrogen-bond acceptors (Lipinski definition) is 3. The van der Waals surface area contributed by atoms with Crippen molar-refractivity contribution in [3.8, 4) is 0 Å². The lowest BCUT2D eigenvalue weighted by Crippen LogP contribution is -2.31. The first-order chi connectivity index (χ1) is 11.3. The first-order valence-electron chi connectivity index (χ1n) is 7.82. The summed E-state index contributed by atoms with van der Waals surface area (Å²) >= 11 is 0. The summed E-state index contributed by atoms with van der Waals surface area (Å²) in [6, 6.07) is 13.2. The Morgan fingerprint density at radius 1 is 1.04 bits per heavy atom. The Hall–Kier alpha value is -2.18. The summed E-state index contributed by atoms with van der Waals surface area (Å²) in [4.78, 5) is 12.3. The minimum absolute atomic E-state index is 0.129. The smallest absolute Gasteiger partial charge is 0.255 e. The van der Waals surface area contributed by atoms with E-state index in [2.05, 4.69) is 10.0 Å². The van der Waals surface area contributed by atoms with E-state index in [1.54, 1.807) is 24.3 Å². The highest BCUT2D eigenvalue weighted by atomic mass is 32.2. The Balaban J connectivity index is 2.09. The summed E-state index contributed by atoms with van der Waals surface area (Å²) in [7, 11) is -3.54. The second-order valence-corrected chi connectivity index (χ2v) is 7.49. The van der Waals surface area contributed by atoms with Crippen LogP contribution in [0.1, 0.15) is 36.2 Å². The highest BCUT2D eigenvalue weighted by Crippen LogP contribution is 2.16. The summed E-state index contributed by atoms with van der Waals surface area (Å²) in [6.45, 7) is 5.68. The minimum Gasteiger partial charge on any atom is -0.322 e. The van der Waals surface area contributed by atoms with Gasteiger partial charge in [0.05, 0.1) is 4.90 Å². The number of rotatable bonds is 6. The van der Waals surface area contributed by atoms with Gasteiger partial charge in [0.25, 0.3) is 5.91 Å². The van der Waals surface area contributed by atoms with Gasteiger partial charge in [-0.25, -0.2) is 13.1 Å². The lowest BCUT2D eigenvalue weighted by molar-refractivity contribution is 0.102. The Morgan fingerprint density at radius 3 is 2.17 bits per heavy atom. The maximum absolute atomic E-state index is 12.2. The van der Waals surface area contributed by atoms with Crippen LogP contribution in [0.5, 0.6) is 0 Å². The highest BCUT2D eigenvalue weighted by molar-refractivity contribution is 7.89. The number of nitrogens with one attached hydrogen (secondary N) is 2. The summed E-state index contributed by atoms with van der Waals surface area (Å²) in [5.74, 6) is -0.233. The second-order valence-electron chi connectivity index (χ2n) is 5.78. The molecule has 0 radical (unpaired) electrons. The van der Waals surface area contributed by atoms with Crippen LogP contribution in [0.15, 0.2) is 53.4 Å². The van der Waals surface area contributed by atoms with Gasteiger partial charge in [-0.1, -0.05) is 24.6 Å². The van der Waals surface area contributed by atoms with Crippen LogP contribution in [-0.4, -0.2) is 20.4 Å². The third-order valence-corrected chi connectivity index (χ3v) is 5.31. The molecule has 2 N–H and O–H groups in total. The SMILES string of the molecule is CCC(C)NS(=O)(=O)c1ccc(NC(=O)c2ccc(C)cc2)cc1. The molecule has 1 atom stereocenters. The van der Waals surface area contributed by atoms with E-state index in [1.807, 2.05) is 32.9 Å². The number of carbonyl (C=O) groups excluding carboxylic acids is 1. The highest BCUT2D eigenvalue weighted by Gasteiger charge is 2.16. The van der Waals surface area contributed by atoms with Crippen LogP contribution >= 0.6 is 0 Å². The van der Waals surface area contributed by atoms with Gasteiger partial charge in [-0.2, -0.15) is 0 Å². The van der Waals surface area contributed by atoms with Crippen molar-refractivity contribution in [2.75, 3.05) is 5.32 Å². The molecule has 1 amide bonds. The normalized spacial score (nSPS) is 12.6. The monoisotopic (exact) mass is 346 g/mol. The zero-order chi connectivity index (χ0) is 17.7. The van der Waals surface area contributed by atoms with E-state index >= 15 is 0 Å². The maximum Gasteiger partial charge on any atom is 0.255 e. The predicted molar refractivity (Wildman–Crippen MR) is 95.6 cm³/mol. The Morgan fingerprint density at radius 2 is 1.62 bits per heavy atom. The molecule has 0 aliphatic heterocycles. The lowest BCUT2D eigenvalue weighted by Gasteiger charge is -2.12. The van der Waals surface area contributed by atoms with Crippen molar-refractivity contribution in [2.24, 2.45) is 0 Å². The van der Waals surface area contributed by atoms with Gasteiger partial charge in [-0.05, 0) is 56.7 Å². The molecule has 6 heteroatoms. The molecule has 0 aliphatic carbocycles. The molecule has 0 bridgehead atoms. The standard InChI is InChI=1S/C18H22N2O3S/c1-4-14(3)20-24(22,23)17-11-9-16(10-12-17)19-18(21)15-7-5-13(2)6-8-15/h5-12,14,20H,4H2,1-3H3,(H,19,21). The molecule has 0 saturated carbocycles. The van der Waals surface area contributed by atoms with E-state index in [1.165, 1.54) is 12.1 Å². The summed E-state index contributed by atoms with van der Waals surface area (Å²) in [5, 5.41) is 2.75. The molecule has 0 aliphatic rings. The largest absolute Gasteiger partial charge is 0.322 e. The van der Waals surface area contributed by atoms with Crippen molar-refractivity contribution in [3.63, 3.8) is 0 Å². The first kappa shape index (κ1) is 18.2. The van der Waals surface area contributed by atoms with Crippen LogP contribution < -0.4 is 10.0 Å². The topological polar surface area (TPSA) is 75.3 Å². The molecular weight excluding hydrogens is 324 g/mol. The Labute approximate surface area is 143 Å². The first-order valence-corrected chi connectivity index (χ1v) is 9.30. The number of amides is 1. The predicted octanol–water partition coefficient (Wildman–Crippen LogP) is 3.32. The maximum atomic E-state index is 12.2. The van der Waals surface area contributed by atoms with Crippen LogP contribution in [0.25, 0.3) is 0 Å². The number of benzene rings is 2. The van der Waals surface area contributed by atoms with Crippen molar-refractivity contribution in [3.05, 3.63) is 59.7 Å². The second kappa shape index (κ2) is 7.59. The molecule has 24 heavy (non-hydrogen) atoms. The number of hydrogen-bond donors (Lipinski definition) is 2. The van der Waals surface area contributed by atoms with Gasteiger partial charge in [-0.3, -0.25) is 4.79 Å². The molecule has 5 nitrogen and oxygen atoms in total. The van der Waals surface area contributed by atoms with Crippen molar-refractivity contribution in [2.45, 2.75) is 38.1 Å². The molecule has 2 aromatic carbocycles. The van der Waals surface area contributed by atoms with Gasteiger partial charge in [-0.15, -0.1) is 0 Å². The summed E-state index contributed by atoms with van der Waals surface area (Å²) in [5.41, 5.74) is 2.17. The fourth-order valence-corrected chi connectivity index (χ4v) is 3.37. The molecule has 0 aromatic heterocycles. The number of anilines is 1. The quantitative estimate of drug-likeness (QED) is 0.842. The molecule has 1 unspecified atom stereocenters. The van der Waals surface area contributed by atoms with Crippen LogP contribution in [-0.2, 0) is 10.0 Å². The van der Waals surface area contributed by atoms with Gasteiger partial charge >= 0.3 is 0 Å². The number of carbonyl (C=O) groups is 1. The number of aryl methyl sites for hydroxylation is 1. The Kier molecular flexibility index (Phi) is 5.75. The fourth-order valence-electron chi connectivity index (χ4n) is 2.04. The van der Waals surface area contributed by atoms with Crippen molar-refractivity contribution in [1.29, 1.82) is 0 Å². The van der Waals surface area contributed by atoms with Gasteiger partial charge in [0, 0.05) is 17.3 Å². The van der Waals surface area contributed by atoms with E-state index < -0.39 is 10.0 Å². The van der Waals surface area contributed by atoms with E-state index in [0.717, 1.165) is 5.56 Å². The van der Waals surface area contributed by atoms with Gasteiger partial charge in [0.2, 0.25) is 10.0 Å². The van der Waals surface area contributed by atoms with E-state index in [-0.39, 0.29) is 16.8 Å². The zero-order valence-corrected chi connectivity index (χ0v) is 14.9. The summed E-state index contributed by atoms with van der Waals surface area (Å²) in [6.07, 6.45) is 0.712. The molecule has 2 rings (SSSR count). The average molecular weight is 346 g/mol. The minimum atomic E-state index is -3.54. The molecule has 0 fully saturated rings. The van der Waals surface area contributed by atoms with Crippen LogP contribution in [0.2, 0.25) is 0 Å². The van der Waals surface area contributed by atoms with Gasteiger partial charge < -0.3 is 5.32 Å². The third kappa shape index (κ3) is 4.66. The van der Waals surface area contributed by atoms with E-state index in [0.29, 0.717) is 17.7 Å². The van der Waals surface area contributed by atoms with Crippen molar-refractivity contribution in [1.82, 2.24) is 4.72 Å². The molecule has 2 aromatic rings. The molecule has 128 valence electrons. The van der Waals surface area contributed by atoms with E-state index in [4.69, 9.17) is 0 Å². The fraction of sp³-hybridized carbons (Fsp3) is 0.278. The van der Waals surface area contributed by atoms with Crippen LogP contribution in [0.3, 0.4) is 0 Å². The zero-order valence-electron chi connectivity index (χ0n) is 14.0. The molecule has 0 spiro atoms. The van der Waals surface area contributed by atoms with Gasteiger partial charge in [0.1, 0.15) is 0 Å². The van der Waals surface area contributed by atoms with E-state index in [9.17, 15) is 13.2 Å². The van der Waals surface area contributed by atoms with Crippen LogP contribution in [0, 0.1) is 6.92 Å². The van der Waals surface area contributed by atoms with Crippen molar-refractivity contribution < 1.29 is 13.2 Å². The lowest BCUT2D eigenvalue weighted by atomic mass is 10.1.